The number of fused-ring (bicyclic) bond motifs is 1. The third-order valence-electron chi connectivity index (χ3n) is 3.69. The van der Waals surface area contributed by atoms with Gasteiger partial charge in [-0.15, -0.1) is 0 Å². The van der Waals surface area contributed by atoms with Crippen LogP contribution in [0.25, 0.3) is 0 Å². The maximum atomic E-state index is 6.16. The zero-order chi connectivity index (χ0) is 12.3. The summed E-state index contributed by atoms with van der Waals surface area (Å²) in [6, 6.07) is 6.63. The Morgan fingerprint density at radius 1 is 1.35 bits per heavy atom. The fourth-order valence-corrected chi connectivity index (χ4v) is 2.53. The highest BCUT2D eigenvalue weighted by Crippen LogP contribution is 2.31. The summed E-state index contributed by atoms with van der Waals surface area (Å²) >= 11 is 0. The van der Waals surface area contributed by atoms with Crippen LogP contribution in [0.2, 0.25) is 0 Å². The summed E-state index contributed by atoms with van der Waals surface area (Å²) in [5, 5.41) is 0. The molecule has 94 valence electrons. The predicted molar refractivity (Wildman–Crippen MR) is 71.3 cm³/mol. The van der Waals surface area contributed by atoms with E-state index >= 15 is 0 Å². The first-order chi connectivity index (χ1) is 8.24. The molecule has 0 fully saturated rings. The number of aryl methyl sites for hydroxylation is 1. The van der Waals surface area contributed by atoms with Crippen molar-refractivity contribution >= 4 is 0 Å². The van der Waals surface area contributed by atoms with Gasteiger partial charge in [-0.1, -0.05) is 19.9 Å². The van der Waals surface area contributed by atoms with Gasteiger partial charge in [0.05, 0.1) is 6.10 Å². The van der Waals surface area contributed by atoms with Crippen molar-refractivity contribution in [2.24, 2.45) is 5.73 Å². The van der Waals surface area contributed by atoms with Crippen LogP contribution < -0.4 is 10.5 Å². The molecule has 0 aliphatic heterocycles. The SMILES string of the molecule is CCC(CC)Oc1ccc2c(c1)[C@H](N)CCC2. The molecule has 1 aromatic carbocycles. The van der Waals surface area contributed by atoms with Crippen LogP contribution in [-0.4, -0.2) is 6.10 Å². The molecule has 0 amide bonds. The van der Waals surface area contributed by atoms with Gasteiger partial charge in [0.25, 0.3) is 0 Å². The summed E-state index contributed by atoms with van der Waals surface area (Å²) in [6.07, 6.45) is 5.91. The van der Waals surface area contributed by atoms with E-state index in [1.165, 1.54) is 17.5 Å². The predicted octanol–water partition coefficient (Wildman–Crippen LogP) is 3.59. The first kappa shape index (κ1) is 12.4. The van der Waals surface area contributed by atoms with Crippen molar-refractivity contribution in [3.8, 4) is 5.75 Å². The summed E-state index contributed by atoms with van der Waals surface area (Å²) in [5.74, 6) is 0.981. The summed E-state index contributed by atoms with van der Waals surface area (Å²) < 4.78 is 5.97. The van der Waals surface area contributed by atoms with Crippen molar-refractivity contribution < 1.29 is 4.74 Å². The molecule has 0 heterocycles. The zero-order valence-electron chi connectivity index (χ0n) is 10.9. The Morgan fingerprint density at radius 2 is 2.12 bits per heavy atom. The van der Waals surface area contributed by atoms with Crippen LogP contribution in [0.3, 0.4) is 0 Å². The molecule has 2 rings (SSSR count). The Bertz CT molecular complexity index is 371. The summed E-state index contributed by atoms with van der Waals surface area (Å²) in [6.45, 7) is 4.33. The summed E-state index contributed by atoms with van der Waals surface area (Å²) in [4.78, 5) is 0. The van der Waals surface area contributed by atoms with E-state index in [2.05, 4.69) is 32.0 Å². The van der Waals surface area contributed by atoms with Crippen molar-refractivity contribution in [1.82, 2.24) is 0 Å². The minimum absolute atomic E-state index is 0.198. The molecule has 1 aliphatic carbocycles. The number of benzene rings is 1. The molecule has 17 heavy (non-hydrogen) atoms. The maximum absolute atomic E-state index is 6.16. The second kappa shape index (κ2) is 5.54. The Hall–Kier alpha value is -1.02. The lowest BCUT2D eigenvalue weighted by Crippen LogP contribution is -2.18. The molecule has 0 unspecified atom stereocenters. The van der Waals surface area contributed by atoms with Crippen molar-refractivity contribution in [3.05, 3.63) is 29.3 Å². The molecule has 0 bridgehead atoms. The molecule has 1 aromatic rings. The smallest absolute Gasteiger partial charge is 0.120 e. The summed E-state index contributed by atoms with van der Waals surface area (Å²) in [7, 11) is 0. The highest BCUT2D eigenvalue weighted by atomic mass is 16.5. The van der Waals surface area contributed by atoms with E-state index in [0.29, 0.717) is 6.10 Å². The molecule has 0 spiro atoms. The Balaban J connectivity index is 2.17. The average Bonchev–Trinajstić information content (AvgIpc) is 2.37. The monoisotopic (exact) mass is 233 g/mol. The molecule has 0 saturated heterocycles. The molecular formula is C15H23NO. The quantitative estimate of drug-likeness (QED) is 0.862. The van der Waals surface area contributed by atoms with Crippen LogP contribution in [0.1, 0.15) is 56.7 Å². The van der Waals surface area contributed by atoms with Crippen molar-refractivity contribution in [3.63, 3.8) is 0 Å². The lowest BCUT2D eigenvalue weighted by molar-refractivity contribution is 0.192. The second-order valence-corrected chi connectivity index (χ2v) is 4.92. The number of hydrogen-bond donors (Lipinski definition) is 1. The normalized spacial score (nSPS) is 19.2. The highest BCUT2D eigenvalue weighted by Gasteiger charge is 2.17. The molecule has 1 aliphatic rings. The van der Waals surface area contributed by atoms with E-state index in [1.807, 2.05) is 0 Å². The number of rotatable bonds is 4. The molecule has 2 nitrogen and oxygen atoms in total. The van der Waals surface area contributed by atoms with E-state index in [4.69, 9.17) is 10.5 Å². The van der Waals surface area contributed by atoms with Gasteiger partial charge in [0.1, 0.15) is 5.75 Å². The van der Waals surface area contributed by atoms with Crippen LogP contribution in [0.4, 0.5) is 0 Å². The fraction of sp³-hybridized carbons (Fsp3) is 0.600. The first-order valence-electron chi connectivity index (χ1n) is 6.79. The molecule has 2 heteroatoms. The van der Waals surface area contributed by atoms with Gasteiger partial charge >= 0.3 is 0 Å². The molecular weight excluding hydrogens is 210 g/mol. The molecule has 2 N–H and O–H groups in total. The summed E-state index contributed by atoms with van der Waals surface area (Å²) in [5.41, 5.74) is 8.85. The van der Waals surface area contributed by atoms with Gasteiger partial charge in [-0.05, 0) is 55.4 Å². The molecule has 0 aromatic heterocycles. The van der Waals surface area contributed by atoms with Gasteiger partial charge in [-0.3, -0.25) is 0 Å². The lowest BCUT2D eigenvalue weighted by atomic mass is 9.88. The van der Waals surface area contributed by atoms with Crippen LogP contribution >= 0.6 is 0 Å². The van der Waals surface area contributed by atoms with Crippen LogP contribution in [0.15, 0.2) is 18.2 Å². The Labute approximate surface area is 104 Å². The van der Waals surface area contributed by atoms with E-state index in [9.17, 15) is 0 Å². The second-order valence-electron chi connectivity index (χ2n) is 4.92. The first-order valence-corrected chi connectivity index (χ1v) is 6.79. The van der Waals surface area contributed by atoms with Gasteiger partial charge in [0.2, 0.25) is 0 Å². The van der Waals surface area contributed by atoms with Gasteiger partial charge in [-0.2, -0.15) is 0 Å². The van der Waals surface area contributed by atoms with Crippen molar-refractivity contribution in [2.45, 2.75) is 58.1 Å². The van der Waals surface area contributed by atoms with Crippen LogP contribution in [0.5, 0.6) is 5.75 Å². The van der Waals surface area contributed by atoms with Gasteiger partial charge in [0.15, 0.2) is 0 Å². The minimum Gasteiger partial charge on any atom is -0.490 e. The van der Waals surface area contributed by atoms with Gasteiger partial charge in [-0.25, -0.2) is 0 Å². The topological polar surface area (TPSA) is 35.2 Å². The number of ether oxygens (including phenoxy) is 1. The standard InChI is InChI=1S/C15H23NO/c1-3-12(4-2)17-13-9-8-11-6-5-7-15(16)14(11)10-13/h8-10,12,15H,3-7,16H2,1-2H3/t15-/m1/s1. The molecule has 0 radical (unpaired) electrons. The lowest BCUT2D eigenvalue weighted by Gasteiger charge is -2.24. The Morgan fingerprint density at radius 3 is 2.82 bits per heavy atom. The van der Waals surface area contributed by atoms with Crippen molar-refractivity contribution in [1.29, 1.82) is 0 Å². The van der Waals surface area contributed by atoms with Gasteiger partial charge < -0.3 is 10.5 Å². The fourth-order valence-electron chi connectivity index (χ4n) is 2.53. The third-order valence-corrected chi connectivity index (χ3v) is 3.69. The minimum atomic E-state index is 0.198. The molecule has 0 saturated carbocycles. The van der Waals surface area contributed by atoms with E-state index in [-0.39, 0.29) is 6.04 Å². The number of hydrogen-bond acceptors (Lipinski definition) is 2. The van der Waals surface area contributed by atoms with Crippen LogP contribution in [0, 0.1) is 0 Å². The largest absolute Gasteiger partial charge is 0.490 e. The molecule has 1 atom stereocenters. The number of nitrogens with two attached hydrogens (primary N) is 1. The van der Waals surface area contributed by atoms with Gasteiger partial charge in [0, 0.05) is 6.04 Å². The maximum Gasteiger partial charge on any atom is 0.120 e. The van der Waals surface area contributed by atoms with E-state index in [0.717, 1.165) is 31.4 Å². The average molecular weight is 233 g/mol. The van der Waals surface area contributed by atoms with E-state index in [1.54, 1.807) is 0 Å². The van der Waals surface area contributed by atoms with Crippen LogP contribution in [-0.2, 0) is 6.42 Å². The van der Waals surface area contributed by atoms with Crippen molar-refractivity contribution in [2.75, 3.05) is 0 Å². The Kier molecular flexibility index (Phi) is 4.06. The highest BCUT2D eigenvalue weighted by molar-refractivity contribution is 5.39. The van der Waals surface area contributed by atoms with E-state index < -0.39 is 0 Å². The zero-order valence-corrected chi connectivity index (χ0v) is 10.9. The third kappa shape index (κ3) is 2.81.